The van der Waals surface area contributed by atoms with Crippen molar-refractivity contribution in [3.8, 4) is 0 Å². The largest absolute Gasteiger partial charge is 0.445 e. The summed E-state index contributed by atoms with van der Waals surface area (Å²) in [6.07, 6.45) is 1.52. The lowest BCUT2D eigenvalue weighted by molar-refractivity contribution is -0.135. The molecule has 0 radical (unpaired) electrons. The lowest BCUT2D eigenvalue weighted by Gasteiger charge is -2.40. The van der Waals surface area contributed by atoms with Gasteiger partial charge in [0.25, 0.3) is 0 Å². The van der Waals surface area contributed by atoms with Crippen LogP contribution in [0, 0.1) is 0 Å². The molecule has 0 unspecified atom stereocenters. The van der Waals surface area contributed by atoms with Gasteiger partial charge >= 0.3 is 6.09 Å². The van der Waals surface area contributed by atoms with Gasteiger partial charge in [0, 0.05) is 26.2 Å². The van der Waals surface area contributed by atoms with Crippen LogP contribution in [0.5, 0.6) is 0 Å². The maximum Gasteiger partial charge on any atom is 0.408 e. The minimum Gasteiger partial charge on any atom is -0.445 e. The molecule has 4 rings (SSSR count). The summed E-state index contributed by atoms with van der Waals surface area (Å²) in [6, 6.07) is 30.0. The Morgan fingerprint density at radius 3 is 1.89 bits per heavy atom. The van der Waals surface area contributed by atoms with E-state index in [9.17, 15) is 9.59 Å². The lowest BCUT2D eigenvalue weighted by Crippen LogP contribution is -2.55. The first kappa shape index (κ1) is 27.4. The highest BCUT2D eigenvalue weighted by Gasteiger charge is 2.31. The lowest BCUT2D eigenvalue weighted by atomic mass is 9.96. The molecule has 7 heteroatoms. The van der Waals surface area contributed by atoms with E-state index >= 15 is 0 Å². The summed E-state index contributed by atoms with van der Waals surface area (Å²) in [5, 5.41) is 2.82. The molecule has 0 saturated carbocycles. The number of nitrogens with zero attached hydrogens (tertiary/aromatic N) is 2. The zero-order chi connectivity index (χ0) is 26.6. The van der Waals surface area contributed by atoms with Crippen molar-refractivity contribution in [2.75, 3.05) is 32.7 Å². The van der Waals surface area contributed by atoms with E-state index in [1.807, 2.05) is 47.4 Å². The number of amides is 2. The molecule has 38 heavy (non-hydrogen) atoms. The predicted molar refractivity (Wildman–Crippen MR) is 149 cm³/mol. The molecule has 0 aliphatic carbocycles. The van der Waals surface area contributed by atoms with Gasteiger partial charge in [0.1, 0.15) is 12.6 Å². The summed E-state index contributed by atoms with van der Waals surface area (Å²) in [5.41, 5.74) is 9.05. The minimum atomic E-state index is -0.629. The van der Waals surface area contributed by atoms with Crippen LogP contribution in [0.1, 0.15) is 42.0 Å². The molecule has 3 aromatic rings. The monoisotopic (exact) mass is 514 g/mol. The van der Waals surface area contributed by atoms with Crippen LogP contribution in [0.3, 0.4) is 0 Å². The number of unbranched alkanes of at least 4 members (excludes halogenated alkanes) is 1. The highest BCUT2D eigenvalue weighted by molar-refractivity contribution is 5.85. The number of alkyl carbamates (subject to hydrolysis) is 1. The molecular formula is C31H38N4O3. The second-order valence-electron chi connectivity index (χ2n) is 9.63. The number of rotatable bonds is 11. The first-order chi connectivity index (χ1) is 18.7. The van der Waals surface area contributed by atoms with Crippen LogP contribution in [0.15, 0.2) is 91.0 Å². The summed E-state index contributed by atoms with van der Waals surface area (Å²) < 4.78 is 5.40. The van der Waals surface area contributed by atoms with Crippen LogP contribution >= 0.6 is 0 Å². The Hall–Kier alpha value is -3.68. The third-order valence-electron chi connectivity index (χ3n) is 6.97. The fourth-order valence-electron chi connectivity index (χ4n) is 4.96. The van der Waals surface area contributed by atoms with E-state index in [2.05, 4.69) is 58.7 Å². The summed E-state index contributed by atoms with van der Waals surface area (Å²) >= 11 is 0. The summed E-state index contributed by atoms with van der Waals surface area (Å²) in [4.78, 5) is 30.4. The fourth-order valence-corrected chi connectivity index (χ4v) is 4.96. The quantitative estimate of drug-likeness (QED) is 0.372. The highest BCUT2D eigenvalue weighted by atomic mass is 16.5. The van der Waals surface area contributed by atoms with Crippen molar-refractivity contribution in [2.45, 2.75) is 38.0 Å². The summed E-state index contributed by atoms with van der Waals surface area (Å²) in [7, 11) is 0. The van der Waals surface area contributed by atoms with E-state index in [1.165, 1.54) is 11.1 Å². The minimum absolute atomic E-state index is 0.0608. The van der Waals surface area contributed by atoms with Gasteiger partial charge in [0.05, 0.1) is 6.04 Å². The maximum atomic E-state index is 13.5. The van der Waals surface area contributed by atoms with Crippen LogP contribution in [-0.2, 0) is 16.1 Å². The number of carbonyl (C=O) groups excluding carboxylic acids is 2. The normalized spacial score (nSPS) is 14.7. The number of ether oxygens (including phenoxy) is 1. The Morgan fingerprint density at radius 1 is 0.789 bits per heavy atom. The Bertz CT molecular complexity index is 1080. The van der Waals surface area contributed by atoms with E-state index in [4.69, 9.17) is 10.5 Å². The SMILES string of the molecule is NCCCC[C@@H](NC(=O)OCc1ccccc1)C(=O)N1CCN(C(c2ccccc2)c2ccccc2)CC1. The van der Waals surface area contributed by atoms with E-state index in [0.29, 0.717) is 26.1 Å². The first-order valence-electron chi connectivity index (χ1n) is 13.5. The number of piperazine rings is 1. The zero-order valence-corrected chi connectivity index (χ0v) is 21.9. The molecule has 3 aromatic carbocycles. The number of carbonyl (C=O) groups is 2. The highest BCUT2D eigenvalue weighted by Crippen LogP contribution is 2.29. The topological polar surface area (TPSA) is 87.9 Å². The van der Waals surface area contributed by atoms with Gasteiger partial charge in [-0.1, -0.05) is 91.0 Å². The van der Waals surface area contributed by atoms with Gasteiger partial charge in [-0.15, -0.1) is 0 Å². The molecule has 1 saturated heterocycles. The zero-order valence-electron chi connectivity index (χ0n) is 21.9. The molecule has 0 aromatic heterocycles. The smallest absolute Gasteiger partial charge is 0.408 e. The molecule has 7 nitrogen and oxygen atoms in total. The number of hydrogen-bond donors (Lipinski definition) is 2. The Labute approximate surface area is 225 Å². The number of hydrogen-bond acceptors (Lipinski definition) is 5. The van der Waals surface area contributed by atoms with Crippen molar-refractivity contribution in [3.05, 3.63) is 108 Å². The number of benzene rings is 3. The Kier molecular flexibility index (Phi) is 10.3. The van der Waals surface area contributed by atoms with Crippen LogP contribution < -0.4 is 11.1 Å². The Morgan fingerprint density at radius 2 is 1.34 bits per heavy atom. The maximum absolute atomic E-state index is 13.5. The second-order valence-corrected chi connectivity index (χ2v) is 9.63. The van der Waals surface area contributed by atoms with Gasteiger partial charge in [-0.2, -0.15) is 0 Å². The van der Waals surface area contributed by atoms with Crippen molar-refractivity contribution < 1.29 is 14.3 Å². The molecule has 1 fully saturated rings. The fraction of sp³-hybridized carbons (Fsp3) is 0.355. The number of nitrogens with two attached hydrogens (primary N) is 1. The number of nitrogens with one attached hydrogen (secondary N) is 1. The van der Waals surface area contributed by atoms with Gasteiger partial charge in [0.15, 0.2) is 0 Å². The van der Waals surface area contributed by atoms with Crippen molar-refractivity contribution in [3.63, 3.8) is 0 Å². The molecular weight excluding hydrogens is 476 g/mol. The predicted octanol–water partition coefficient (Wildman–Crippen LogP) is 4.34. The third kappa shape index (κ3) is 7.66. The van der Waals surface area contributed by atoms with Crippen LogP contribution in [-0.4, -0.2) is 60.6 Å². The average Bonchev–Trinajstić information content (AvgIpc) is 2.97. The molecule has 200 valence electrons. The molecule has 0 spiro atoms. The first-order valence-corrected chi connectivity index (χ1v) is 13.5. The molecule has 3 N–H and O–H groups in total. The van der Waals surface area contributed by atoms with Crippen molar-refractivity contribution in [2.24, 2.45) is 5.73 Å². The third-order valence-corrected chi connectivity index (χ3v) is 6.97. The van der Waals surface area contributed by atoms with E-state index in [-0.39, 0.29) is 18.6 Å². The second kappa shape index (κ2) is 14.3. The van der Waals surface area contributed by atoms with Gasteiger partial charge in [0.2, 0.25) is 5.91 Å². The van der Waals surface area contributed by atoms with Gasteiger partial charge in [-0.25, -0.2) is 4.79 Å². The van der Waals surface area contributed by atoms with Crippen LogP contribution in [0.25, 0.3) is 0 Å². The van der Waals surface area contributed by atoms with E-state index < -0.39 is 12.1 Å². The van der Waals surface area contributed by atoms with Gasteiger partial charge in [-0.05, 0) is 42.5 Å². The molecule has 0 bridgehead atoms. The van der Waals surface area contributed by atoms with Gasteiger partial charge in [-0.3, -0.25) is 9.69 Å². The Balaban J connectivity index is 1.38. The van der Waals surface area contributed by atoms with Crippen molar-refractivity contribution in [1.82, 2.24) is 15.1 Å². The van der Waals surface area contributed by atoms with Crippen molar-refractivity contribution in [1.29, 1.82) is 0 Å². The molecule has 1 aliphatic rings. The van der Waals surface area contributed by atoms with E-state index in [1.54, 1.807) is 0 Å². The molecule has 1 atom stereocenters. The summed E-state index contributed by atoms with van der Waals surface area (Å²) in [5.74, 6) is -0.0608. The van der Waals surface area contributed by atoms with Crippen LogP contribution in [0.2, 0.25) is 0 Å². The molecule has 1 heterocycles. The van der Waals surface area contributed by atoms with Crippen molar-refractivity contribution >= 4 is 12.0 Å². The van der Waals surface area contributed by atoms with Gasteiger partial charge < -0.3 is 20.7 Å². The summed E-state index contributed by atoms with van der Waals surface area (Å²) in [6.45, 7) is 3.41. The van der Waals surface area contributed by atoms with Crippen LogP contribution in [0.4, 0.5) is 4.79 Å². The molecule has 2 amide bonds. The average molecular weight is 515 g/mol. The van der Waals surface area contributed by atoms with E-state index in [0.717, 1.165) is 31.5 Å². The molecule has 1 aliphatic heterocycles. The standard InChI is InChI=1S/C31H38N4O3/c32-19-11-10-18-28(33-31(37)38-24-25-12-4-1-5-13-25)30(36)35-22-20-34(21-23-35)29(26-14-6-2-7-15-26)27-16-8-3-9-17-27/h1-9,12-17,28-29H,10-11,18-24,32H2,(H,33,37)/t28-/m1/s1.